The third kappa shape index (κ3) is 4.66. The number of aromatic nitrogens is 2. The van der Waals surface area contributed by atoms with Crippen LogP contribution in [-0.4, -0.2) is 40.4 Å². The average Bonchev–Trinajstić information content (AvgIpc) is 3.39. The second kappa shape index (κ2) is 8.46. The summed E-state index contributed by atoms with van der Waals surface area (Å²) in [7, 11) is 0. The van der Waals surface area contributed by atoms with Crippen LogP contribution in [0.3, 0.4) is 0 Å². The number of carbonyl (C=O) groups excluding carboxylic acids is 1. The van der Waals surface area contributed by atoms with Crippen LogP contribution in [0.5, 0.6) is 5.06 Å². The van der Waals surface area contributed by atoms with Gasteiger partial charge in [0.05, 0.1) is 18.4 Å². The van der Waals surface area contributed by atoms with Gasteiger partial charge in [-0.05, 0) is 26.0 Å². The van der Waals surface area contributed by atoms with Crippen molar-refractivity contribution < 1.29 is 27.8 Å². The summed E-state index contributed by atoms with van der Waals surface area (Å²) in [4.78, 5) is 16.7. The van der Waals surface area contributed by atoms with Crippen LogP contribution in [0.2, 0.25) is 0 Å². The van der Waals surface area contributed by atoms with E-state index in [1.165, 1.54) is 12.3 Å². The van der Waals surface area contributed by atoms with Crippen LogP contribution in [0.4, 0.5) is 19.5 Å². The van der Waals surface area contributed by atoms with E-state index in [1.54, 1.807) is 0 Å². The number of thiazole rings is 1. The molecule has 1 saturated heterocycles. The summed E-state index contributed by atoms with van der Waals surface area (Å²) >= 11 is 1.87. The molecular weight excluding hydrogens is 450 g/mol. The van der Waals surface area contributed by atoms with Crippen molar-refractivity contribution in [3.8, 4) is 15.6 Å². The molecule has 1 unspecified atom stereocenters. The van der Waals surface area contributed by atoms with Gasteiger partial charge in [0, 0.05) is 11.5 Å². The van der Waals surface area contributed by atoms with Gasteiger partial charge in [0.25, 0.3) is 5.91 Å². The normalized spacial score (nSPS) is 17.6. The lowest BCUT2D eigenvalue weighted by molar-refractivity contribution is -0.141. The summed E-state index contributed by atoms with van der Waals surface area (Å²) in [5, 5.41) is 2.99. The van der Waals surface area contributed by atoms with Gasteiger partial charge in [0.2, 0.25) is 5.06 Å². The minimum absolute atomic E-state index is 0.0274. The summed E-state index contributed by atoms with van der Waals surface area (Å²) in [5.41, 5.74) is 5.73. The fraction of sp³-hybridized carbons (Fsp3) is 0.316. The number of nitrogen functional groups attached to an aromatic ring is 1. The molecule has 0 radical (unpaired) electrons. The van der Waals surface area contributed by atoms with Crippen molar-refractivity contribution in [3.63, 3.8) is 0 Å². The van der Waals surface area contributed by atoms with Gasteiger partial charge in [-0.2, -0.15) is 4.37 Å². The number of ether oxygens (including phenoxy) is 3. The average molecular weight is 469 g/mol. The highest BCUT2D eigenvalue weighted by Gasteiger charge is 2.33. The van der Waals surface area contributed by atoms with Crippen LogP contribution in [0, 0.1) is 11.6 Å². The van der Waals surface area contributed by atoms with Crippen molar-refractivity contribution in [2.45, 2.75) is 25.7 Å². The lowest BCUT2D eigenvalue weighted by atomic mass is 10.2. The molecule has 1 amide bonds. The minimum Gasteiger partial charge on any atom is -0.479 e. The number of hydrogen-bond donors (Lipinski definition) is 2. The standard InChI is InChI=1S/C19H18F2N4O4S2/c1-19(2)28-8-9(29-19)7-27-18-12(6-23-31-18)24-16(26)14-15(22)30-17(25-14)13-10(20)4-3-5-11(13)21/h3-6,9H,7-8,22H2,1-2H3,(H,24,26). The number of rotatable bonds is 6. The summed E-state index contributed by atoms with van der Waals surface area (Å²) < 4.78 is 49.0. The number of amides is 1. The van der Waals surface area contributed by atoms with Gasteiger partial charge in [-0.1, -0.05) is 17.4 Å². The van der Waals surface area contributed by atoms with Crippen LogP contribution >= 0.6 is 22.9 Å². The highest BCUT2D eigenvalue weighted by Crippen LogP contribution is 2.35. The van der Waals surface area contributed by atoms with Crippen molar-refractivity contribution >= 4 is 39.5 Å². The molecule has 12 heteroatoms. The molecule has 1 aliphatic rings. The first-order valence-corrected chi connectivity index (χ1v) is 10.7. The molecule has 4 rings (SSSR count). The third-order valence-corrected chi connectivity index (χ3v) is 5.91. The zero-order chi connectivity index (χ0) is 22.2. The molecule has 164 valence electrons. The number of hydrogen-bond acceptors (Lipinski definition) is 9. The van der Waals surface area contributed by atoms with Gasteiger partial charge >= 0.3 is 0 Å². The number of nitrogens with zero attached hydrogens (tertiary/aromatic N) is 2. The van der Waals surface area contributed by atoms with Crippen molar-refractivity contribution in [2.24, 2.45) is 0 Å². The number of anilines is 2. The molecular formula is C19H18F2N4O4S2. The number of benzene rings is 1. The zero-order valence-electron chi connectivity index (χ0n) is 16.5. The van der Waals surface area contributed by atoms with Crippen molar-refractivity contribution in [2.75, 3.05) is 24.3 Å². The Bertz CT molecular complexity index is 1100. The third-order valence-electron chi connectivity index (χ3n) is 4.30. The molecule has 8 nitrogen and oxygen atoms in total. The monoisotopic (exact) mass is 468 g/mol. The molecule has 1 aliphatic heterocycles. The van der Waals surface area contributed by atoms with Crippen LogP contribution in [0.25, 0.3) is 10.6 Å². The number of nitrogens with two attached hydrogens (primary N) is 1. The summed E-state index contributed by atoms with van der Waals surface area (Å²) in [6.45, 7) is 4.22. The fourth-order valence-corrected chi connectivity index (χ4v) is 4.37. The molecule has 31 heavy (non-hydrogen) atoms. The van der Waals surface area contributed by atoms with Gasteiger partial charge in [-0.25, -0.2) is 13.8 Å². The molecule has 1 aromatic carbocycles. The second-order valence-corrected chi connectivity index (χ2v) is 8.87. The van der Waals surface area contributed by atoms with E-state index >= 15 is 0 Å². The SMILES string of the molecule is CC1(C)OCC(COc2sncc2NC(=O)c2nc(-c3c(F)cccc3F)sc2N)O1. The molecule has 3 aromatic rings. The lowest BCUT2D eigenvalue weighted by Gasteiger charge is -2.17. The van der Waals surface area contributed by atoms with E-state index in [9.17, 15) is 13.6 Å². The van der Waals surface area contributed by atoms with E-state index in [-0.39, 0.29) is 34.0 Å². The molecule has 0 bridgehead atoms. The lowest BCUT2D eigenvalue weighted by Crippen LogP contribution is -2.25. The first-order chi connectivity index (χ1) is 14.7. The smallest absolute Gasteiger partial charge is 0.277 e. The topological polar surface area (TPSA) is 109 Å². The molecule has 2 aromatic heterocycles. The Labute approximate surface area is 184 Å². The van der Waals surface area contributed by atoms with E-state index in [1.807, 2.05) is 13.8 Å². The summed E-state index contributed by atoms with van der Waals surface area (Å²) in [5.74, 6) is -2.90. The van der Waals surface area contributed by atoms with E-state index < -0.39 is 23.3 Å². The van der Waals surface area contributed by atoms with Gasteiger partial charge in [0.1, 0.15) is 40.0 Å². The van der Waals surface area contributed by atoms with Gasteiger partial charge in [-0.15, -0.1) is 0 Å². The predicted octanol–water partition coefficient (Wildman–Crippen LogP) is 3.91. The van der Waals surface area contributed by atoms with Crippen molar-refractivity contribution in [3.05, 3.63) is 41.7 Å². The molecule has 3 N–H and O–H groups in total. The van der Waals surface area contributed by atoms with Crippen LogP contribution in [-0.2, 0) is 9.47 Å². The molecule has 0 spiro atoms. The fourth-order valence-electron chi connectivity index (χ4n) is 2.92. The number of nitrogens with one attached hydrogen (secondary N) is 1. The quantitative estimate of drug-likeness (QED) is 0.565. The van der Waals surface area contributed by atoms with E-state index in [4.69, 9.17) is 19.9 Å². The summed E-state index contributed by atoms with van der Waals surface area (Å²) in [6, 6.07) is 3.46. The number of carbonyl (C=O) groups is 1. The Kier molecular flexibility index (Phi) is 5.88. The highest BCUT2D eigenvalue weighted by atomic mass is 32.1. The Morgan fingerprint density at radius 1 is 1.39 bits per heavy atom. The van der Waals surface area contributed by atoms with Gasteiger partial charge in [0.15, 0.2) is 11.5 Å². The van der Waals surface area contributed by atoms with Crippen molar-refractivity contribution in [1.29, 1.82) is 0 Å². The Balaban J connectivity index is 1.46. The van der Waals surface area contributed by atoms with Crippen LogP contribution in [0.1, 0.15) is 24.3 Å². The predicted molar refractivity (Wildman–Crippen MR) is 112 cm³/mol. The van der Waals surface area contributed by atoms with E-state index in [0.717, 1.165) is 35.0 Å². The second-order valence-electron chi connectivity index (χ2n) is 7.07. The molecule has 3 heterocycles. The molecule has 0 aliphatic carbocycles. The maximum atomic E-state index is 14.0. The molecule has 1 fully saturated rings. The van der Waals surface area contributed by atoms with Crippen LogP contribution < -0.4 is 15.8 Å². The Hall–Kier alpha value is -2.67. The Morgan fingerprint density at radius 3 is 2.81 bits per heavy atom. The summed E-state index contributed by atoms with van der Waals surface area (Å²) in [6.07, 6.45) is 1.17. The van der Waals surface area contributed by atoms with Gasteiger partial charge in [-0.3, -0.25) is 4.79 Å². The molecule has 0 saturated carbocycles. The van der Waals surface area contributed by atoms with E-state index in [0.29, 0.717) is 17.4 Å². The maximum absolute atomic E-state index is 14.0. The minimum atomic E-state index is -0.792. The highest BCUT2D eigenvalue weighted by molar-refractivity contribution is 7.19. The zero-order valence-corrected chi connectivity index (χ0v) is 18.1. The maximum Gasteiger partial charge on any atom is 0.277 e. The van der Waals surface area contributed by atoms with E-state index in [2.05, 4.69) is 14.7 Å². The number of halogens is 2. The first kappa shape index (κ1) is 21.6. The van der Waals surface area contributed by atoms with Gasteiger partial charge < -0.3 is 25.3 Å². The molecule has 1 atom stereocenters. The largest absolute Gasteiger partial charge is 0.479 e. The van der Waals surface area contributed by atoms with Crippen LogP contribution in [0.15, 0.2) is 24.4 Å². The Morgan fingerprint density at radius 2 is 2.13 bits per heavy atom. The first-order valence-electron chi connectivity index (χ1n) is 9.15. The van der Waals surface area contributed by atoms with Crippen molar-refractivity contribution in [1.82, 2.24) is 9.36 Å².